The van der Waals surface area contributed by atoms with Crippen molar-refractivity contribution in [3.63, 3.8) is 0 Å². The van der Waals surface area contributed by atoms with Crippen LogP contribution in [0.5, 0.6) is 5.75 Å². The van der Waals surface area contributed by atoms with Crippen LogP contribution in [0.4, 0.5) is 0 Å². The van der Waals surface area contributed by atoms with Gasteiger partial charge in [-0.2, -0.15) is 0 Å². The number of pyridine rings is 1. The monoisotopic (exact) mass is 309 g/mol. The van der Waals surface area contributed by atoms with Crippen molar-refractivity contribution in [1.29, 1.82) is 0 Å². The molecule has 1 aromatic heterocycles. The van der Waals surface area contributed by atoms with E-state index in [0.29, 0.717) is 5.52 Å². The first-order valence-corrected chi connectivity index (χ1v) is 4.50. The molecule has 0 saturated carbocycles. The van der Waals surface area contributed by atoms with Gasteiger partial charge in [-0.15, -0.1) is 0 Å². The molecule has 1 heterocycles. The molecule has 0 amide bonds. The van der Waals surface area contributed by atoms with Crippen LogP contribution in [-0.2, 0) is 0 Å². The summed E-state index contributed by atoms with van der Waals surface area (Å²) in [6, 6.07) is 9.13. The Kier molecular flexibility index (Phi) is 11.2. The van der Waals surface area contributed by atoms with Gasteiger partial charge < -0.3 is 35.7 Å². The summed E-state index contributed by atoms with van der Waals surface area (Å²) < 4.78 is 0. The normalized spacial score (nSPS) is 8.00. The number of hydrogen-bond donors (Lipinski definition) is 1. The van der Waals surface area contributed by atoms with E-state index in [1.54, 1.807) is 18.3 Å². The van der Waals surface area contributed by atoms with Crippen LogP contribution in [0.2, 0.25) is 0 Å². The second kappa shape index (κ2) is 11.0. The van der Waals surface area contributed by atoms with E-state index in [2.05, 4.69) is 4.98 Å². The van der Waals surface area contributed by atoms with Crippen LogP contribution in [0.25, 0.3) is 10.9 Å². The van der Waals surface area contributed by atoms with Gasteiger partial charge in [0.25, 0.3) is 0 Å². The first-order chi connectivity index (χ1) is 8.84. The average molecular weight is 309 g/mol. The molecule has 1 aromatic carbocycles. The van der Waals surface area contributed by atoms with Crippen molar-refractivity contribution < 1.29 is 15.3 Å². The Hall–Kier alpha value is -1.91. The molecule has 0 fully saturated rings. The zero-order chi connectivity index (χ0) is 14.8. The minimum atomic E-state index is -1.75. The molecule has 11 heteroatoms. The maximum absolute atomic E-state index is 9.31. The molecule has 0 atom stereocenters. The molecule has 20 heavy (non-hydrogen) atoms. The SMILES string of the molecule is O=[N+]([O-])[O-].O=[N+]([O-])[O-].Oc1cccc2cccnc12.[Ca+2]. The van der Waals surface area contributed by atoms with Crippen molar-refractivity contribution in [1.82, 2.24) is 4.98 Å². The van der Waals surface area contributed by atoms with Gasteiger partial charge in [0.2, 0.25) is 0 Å². The van der Waals surface area contributed by atoms with Crippen molar-refractivity contribution in [2.45, 2.75) is 0 Å². The maximum atomic E-state index is 9.31. The summed E-state index contributed by atoms with van der Waals surface area (Å²) in [5.74, 6) is 0.239. The van der Waals surface area contributed by atoms with Crippen LogP contribution < -0.4 is 0 Å². The number of phenolic OH excluding ortho intramolecular Hbond substituents is 1. The van der Waals surface area contributed by atoms with Crippen LogP contribution in [0.3, 0.4) is 0 Å². The predicted octanol–water partition coefficient (Wildman–Crippen LogP) is 1.08. The Balaban J connectivity index is 0. The van der Waals surface area contributed by atoms with E-state index < -0.39 is 10.2 Å². The van der Waals surface area contributed by atoms with Crippen LogP contribution in [-0.4, -0.2) is 58.0 Å². The van der Waals surface area contributed by atoms with E-state index in [9.17, 15) is 5.11 Å². The zero-order valence-electron chi connectivity index (χ0n) is 9.91. The number of benzene rings is 1. The fourth-order valence-corrected chi connectivity index (χ4v) is 1.09. The molecule has 0 aliphatic rings. The summed E-state index contributed by atoms with van der Waals surface area (Å²) in [5, 5.41) is 39.8. The molecule has 0 unspecified atom stereocenters. The van der Waals surface area contributed by atoms with Crippen LogP contribution in [0, 0.1) is 30.6 Å². The van der Waals surface area contributed by atoms with Crippen molar-refractivity contribution in [3.8, 4) is 5.75 Å². The molecular formula is C9H7CaN3O7. The van der Waals surface area contributed by atoms with Crippen LogP contribution >= 0.6 is 0 Å². The minimum absolute atomic E-state index is 0. The molecule has 0 spiro atoms. The van der Waals surface area contributed by atoms with Gasteiger partial charge in [-0.3, -0.25) is 4.98 Å². The van der Waals surface area contributed by atoms with Crippen LogP contribution in [0.15, 0.2) is 36.5 Å². The predicted molar refractivity (Wildman–Crippen MR) is 69.9 cm³/mol. The van der Waals surface area contributed by atoms with Crippen molar-refractivity contribution >= 4 is 48.6 Å². The molecular weight excluding hydrogens is 302 g/mol. The summed E-state index contributed by atoms with van der Waals surface area (Å²) in [4.78, 5) is 20.5. The molecule has 102 valence electrons. The number of para-hydroxylation sites is 1. The molecule has 0 aliphatic heterocycles. The van der Waals surface area contributed by atoms with E-state index in [4.69, 9.17) is 30.6 Å². The Morgan fingerprint density at radius 3 is 1.85 bits per heavy atom. The number of nitrogens with zero attached hydrogens (tertiary/aromatic N) is 3. The fourth-order valence-electron chi connectivity index (χ4n) is 1.09. The standard InChI is InChI=1S/C9H7NO.Ca.2NO3/c11-8-5-1-3-7-4-2-6-10-9(7)8;;2*2-1(3)4/h1-6,11H;;;/q;+2;2*-1. The number of phenols is 1. The molecule has 2 rings (SSSR count). The van der Waals surface area contributed by atoms with Gasteiger partial charge in [0, 0.05) is 11.6 Å². The molecule has 0 bridgehead atoms. The minimum Gasteiger partial charge on any atom is -0.506 e. The first kappa shape index (κ1) is 20.4. The second-order valence-electron chi connectivity index (χ2n) is 2.80. The summed E-state index contributed by atoms with van der Waals surface area (Å²) in [6.07, 6.45) is 1.67. The number of hydrogen-bond acceptors (Lipinski definition) is 8. The van der Waals surface area contributed by atoms with Gasteiger partial charge in [-0.1, -0.05) is 18.2 Å². The number of aromatic hydroxyl groups is 1. The molecule has 1 N–H and O–H groups in total. The fraction of sp³-hybridized carbons (Fsp3) is 0. The van der Waals surface area contributed by atoms with Gasteiger partial charge >= 0.3 is 37.7 Å². The Morgan fingerprint density at radius 1 is 0.950 bits per heavy atom. The Bertz CT molecular complexity index is 541. The largest absolute Gasteiger partial charge is 2.00 e. The number of rotatable bonds is 0. The molecule has 0 radical (unpaired) electrons. The number of fused-ring (bicyclic) bond motifs is 1. The summed E-state index contributed by atoms with van der Waals surface area (Å²) in [5.41, 5.74) is 0.662. The molecule has 2 aromatic rings. The maximum Gasteiger partial charge on any atom is 2.00 e. The third-order valence-corrected chi connectivity index (χ3v) is 1.61. The Labute approximate surface area is 141 Å². The molecule has 0 saturated heterocycles. The van der Waals surface area contributed by atoms with Gasteiger partial charge in [0.15, 0.2) is 0 Å². The second-order valence-corrected chi connectivity index (χ2v) is 2.80. The first-order valence-electron chi connectivity index (χ1n) is 4.50. The van der Waals surface area contributed by atoms with Crippen LogP contribution in [0.1, 0.15) is 0 Å². The van der Waals surface area contributed by atoms with E-state index in [1.165, 1.54) is 0 Å². The van der Waals surface area contributed by atoms with Crippen molar-refractivity contribution in [3.05, 3.63) is 67.2 Å². The van der Waals surface area contributed by atoms with Crippen molar-refractivity contribution in [2.24, 2.45) is 0 Å². The van der Waals surface area contributed by atoms with E-state index in [0.717, 1.165) is 5.39 Å². The topological polar surface area (TPSA) is 166 Å². The Morgan fingerprint density at radius 2 is 1.40 bits per heavy atom. The van der Waals surface area contributed by atoms with E-state index in [1.807, 2.05) is 18.2 Å². The summed E-state index contributed by atoms with van der Waals surface area (Å²) in [7, 11) is 0. The molecule has 0 aliphatic carbocycles. The third kappa shape index (κ3) is 10.1. The summed E-state index contributed by atoms with van der Waals surface area (Å²) >= 11 is 0. The van der Waals surface area contributed by atoms with E-state index in [-0.39, 0.29) is 43.5 Å². The third-order valence-electron chi connectivity index (χ3n) is 1.61. The van der Waals surface area contributed by atoms with Crippen molar-refractivity contribution in [2.75, 3.05) is 0 Å². The van der Waals surface area contributed by atoms with Gasteiger partial charge in [0.1, 0.15) is 11.3 Å². The molecule has 10 nitrogen and oxygen atoms in total. The van der Waals surface area contributed by atoms with Gasteiger partial charge in [-0.25, -0.2) is 0 Å². The van der Waals surface area contributed by atoms with E-state index >= 15 is 0 Å². The number of aromatic nitrogens is 1. The van der Waals surface area contributed by atoms with Gasteiger partial charge in [-0.05, 0) is 12.1 Å². The average Bonchev–Trinajstić information content (AvgIpc) is 2.28. The summed E-state index contributed by atoms with van der Waals surface area (Å²) in [6.45, 7) is 0. The smallest absolute Gasteiger partial charge is 0.506 e. The van der Waals surface area contributed by atoms with Gasteiger partial charge in [0.05, 0.1) is 10.2 Å². The quantitative estimate of drug-likeness (QED) is 0.428. The zero-order valence-corrected chi connectivity index (χ0v) is 12.1.